The van der Waals surface area contributed by atoms with Crippen molar-refractivity contribution in [1.29, 1.82) is 0 Å². The van der Waals surface area contributed by atoms with Crippen LogP contribution in [0.2, 0.25) is 0 Å². The number of rotatable bonds is 6. The van der Waals surface area contributed by atoms with Crippen LogP contribution in [0.3, 0.4) is 0 Å². The number of amides is 1. The Bertz CT molecular complexity index is 582. The number of nitrogens with one attached hydrogen (secondary N) is 1. The van der Waals surface area contributed by atoms with Gasteiger partial charge in [-0.2, -0.15) is 13.2 Å². The molecule has 1 aromatic rings. The second-order valence-corrected chi connectivity index (χ2v) is 6.35. The first-order valence-electron chi connectivity index (χ1n) is 8.59. The Balaban J connectivity index is 1.96. The van der Waals surface area contributed by atoms with Gasteiger partial charge in [-0.3, -0.25) is 4.79 Å². The van der Waals surface area contributed by atoms with Gasteiger partial charge in [0, 0.05) is 12.5 Å². The highest BCUT2D eigenvalue weighted by Gasteiger charge is 2.34. The molecule has 0 radical (unpaired) electrons. The summed E-state index contributed by atoms with van der Waals surface area (Å²) in [5.41, 5.74) is -0.727. The molecular formula is C18H25F3N2O2. The number of nitrogens with zero attached hydrogens (tertiary/aromatic N) is 1. The predicted octanol–water partition coefficient (Wildman–Crippen LogP) is 3.45. The van der Waals surface area contributed by atoms with Crippen LogP contribution in [0, 0.1) is 5.92 Å². The van der Waals surface area contributed by atoms with Gasteiger partial charge in [0.1, 0.15) is 5.75 Å². The van der Waals surface area contributed by atoms with Crippen molar-refractivity contribution in [1.82, 2.24) is 10.2 Å². The third-order valence-electron chi connectivity index (χ3n) is 4.57. The first kappa shape index (κ1) is 19.6. The van der Waals surface area contributed by atoms with Crippen LogP contribution >= 0.6 is 0 Å². The predicted molar refractivity (Wildman–Crippen MR) is 89.3 cm³/mol. The molecule has 0 aliphatic carbocycles. The van der Waals surface area contributed by atoms with Crippen molar-refractivity contribution in [3.63, 3.8) is 0 Å². The molecule has 1 aliphatic rings. The summed E-state index contributed by atoms with van der Waals surface area (Å²) >= 11 is 0. The van der Waals surface area contributed by atoms with Gasteiger partial charge in [0.25, 0.3) is 0 Å². The first-order valence-corrected chi connectivity index (χ1v) is 8.59. The van der Waals surface area contributed by atoms with Crippen LogP contribution in [0.1, 0.15) is 37.3 Å². The summed E-state index contributed by atoms with van der Waals surface area (Å²) in [5.74, 6) is -0.147. The highest BCUT2D eigenvalue weighted by atomic mass is 19.4. The van der Waals surface area contributed by atoms with E-state index in [2.05, 4.69) is 17.1 Å². The molecule has 0 spiro atoms. The Morgan fingerprint density at radius 2 is 2.00 bits per heavy atom. The second-order valence-electron chi connectivity index (χ2n) is 6.35. The van der Waals surface area contributed by atoms with Crippen molar-refractivity contribution in [2.24, 2.45) is 5.92 Å². The van der Waals surface area contributed by atoms with Crippen molar-refractivity contribution >= 4 is 5.91 Å². The lowest BCUT2D eigenvalue weighted by Gasteiger charge is -2.31. The summed E-state index contributed by atoms with van der Waals surface area (Å²) in [6.07, 6.45) is -1.91. The minimum Gasteiger partial charge on any atom is -0.497 e. The molecule has 1 N–H and O–H groups in total. The Morgan fingerprint density at radius 1 is 1.32 bits per heavy atom. The second kappa shape index (κ2) is 8.56. The molecule has 1 aromatic carbocycles. The van der Waals surface area contributed by atoms with Crippen LogP contribution in [-0.4, -0.2) is 37.6 Å². The topological polar surface area (TPSA) is 41.6 Å². The van der Waals surface area contributed by atoms with E-state index in [1.807, 2.05) is 0 Å². The molecule has 7 heteroatoms. The summed E-state index contributed by atoms with van der Waals surface area (Å²) < 4.78 is 44.4. The Hall–Kier alpha value is -1.76. The lowest BCUT2D eigenvalue weighted by molar-refractivity contribution is -0.138. The maximum atomic E-state index is 13.2. The summed E-state index contributed by atoms with van der Waals surface area (Å²) in [5, 5.41) is 2.67. The number of piperidine rings is 1. The van der Waals surface area contributed by atoms with Crippen LogP contribution in [-0.2, 0) is 17.5 Å². The highest BCUT2D eigenvalue weighted by molar-refractivity contribution is 5.78. The number of carbonyl (C=O) groups excluding carboxylic acids is 1. The molecule has 1 aliphatic heterocycles. The van der Waals surface area contributed by atoms with Gasteiger partial charge in [-0.05, 0) is 56.6 Å². The minimum absolute atomic E-state index is 0.0464. The molecule has 2 rings (SSSR count). The van der Waals surface area contributed by atoms with Crippen molar-refractivity contribution in [2.45, 2.75) is 38.9 Å². The van der Waals surface area contributed by atoms with Crippen molar-refractivity contribution in [3.8, 4) is 5.75 Å². The SMILES string of the molecule is CCCN1CCC(C(=O)NCc2ccc(OC)cc2C(F)(F)F)CC1. The van der Waals surface area contributed by atoms with E-state index < -0.39 is 11.7 Å². The fourth-order valence-corrected chi connectivity index (χ4v) is 3.16. The summed E-state index contributed by atoms with van der Waals surface area (Å²) in [7, 11) is 1.32. The quantitative estimate of drug-likeness (QED) is 0.847. The average molecular weight is 358 g/mol. The van der Waals surface area contributed by atoms with Gasteiger partial charge in [-0.1, -0.05) is 13.0 Å². The molecule has 0 saturated carbocycles. The first-order chi connectivity index (χ1) is 11.8. The molecule has 0 bridgehead atoms. The van der Waals surface area contributed by atoms with Gasteiger partial charge in [-0.15, -0.1) is 0 Å². The van der Waals surface area contributed by atoms with E-state index in [9.17, 15) is 18.0 Å². The molecule has 25 heavy (non-hydrogen) atoms. The average Bonchev–Trinajstić information content (AvgIpc) is 2.59. The zero-order valence-corrected chi connectivity index (χ0v) is 14.7. The van der Waals surface area contributed by atoms with E-state index >= 15 is 0 Å². The molecule has 0 atom stereocenters. The molecule has 0 unspecified atom stereocenters. The molecule has 1 heterocycles. The van der Waals surface area contributed by atoms with Gasteiger partial charge < -0.3 is 15.0 Å². The molecular weight excluding hydrogens is 333 g/mol. The number of halogens is 3. The molecule has 1 saturated heterocycles. The van der Waals surface area contributed by atoms with Crippen LogP contribution in [0.5, 0.6) is 5.75 Å². The Labute approximate surface area is 146 Å². The van der Waals surface area contributed by atoms with E-state index in [1.165, 1.54) is 19.2 Å². The monoisotopic (exact) mass is 358 g/mol. The Morgan fingerprint density at radius 3 is 2.56 bits per heavy atom. The number of benzene rings is 1. The highest BCUT2D eigenvalue weighted by Crippen LogP contribution is 2.34. The van der Waals surface area contributed by atoms with E-state index in [1.54, 1.807) is 0 Å². The molecule has 1 fully saturated rings. The smallest absolute Gasteiger partial charge is 0.416 e. The minimum atomic E-state index is -4.49. The third kappa shape index (κ3) is 5.36. The van der Waals surface area contributed by atoms with Gasteiger partial charge in [0.05, 0.1) is 12.7 Å². The lowest BCUT2D eigenvalue weighted by Crippen LogP contribution is -2.40. The standard InChI is InChI=1S/C18H25F3N2O2/c1-3-8-23-9-6-13(7-10-23)17(24)22-12-14-4-5-15(25-2)11-16(14)18(19,20)21/h4-5,11,13H,3,6-10,12H2,1-2H3,(H,22,24). The molecule has 1 amide bonds. The fraction of sp³-hybridized carbons (Fsp3) is 0.611. The zero-order chi connectivity index (χ0) is 18.4. The zero-order valence-electron chi connectivity index (χ0n) is 14.7. The summed E-state index contributed by atoms with van der Waals surface area (Å²) in [6.45, 7) is 4.73. The largest absolute Gasteiger partial charge is 0.497 e. The normalized spacial score (nSPS) is 16.7. The number of carbonyl (C=O) groups is 1. The number of alkyl halides is 3. The third-order valence-corrected chi connectivity index (χ3v) is 4.57. The lowest BCUT2D eigenvalue weighted by atomic mass is 9.95. The van der Waals surface area contributed by atoms with Gasteiger partial charge in [0.2, 0.25) is 5.91 Å². The molecule has 0 aromatic heterocycles. The number of likely N-dealkylation sites (tertiary alicyclic amines) is 1. The number of methoxy groups -OCH3 is 1. The van der Waals surface area contributed by atoms with Crippen LogP contribution in [0.4, 0.5) is 13.2 Å². The number of hydrogen-bond donors (Lipinski definition) is 1. The fourth-order valence-electron chi connectivity index (χ4n) is 3.16. The maximum Gasteiger partial charge on any atom is 0.416 e. The van der Waals surface area contributed by atoms with Crippen LogP contribution < -0.4 is 10.1 Å². The van der Waals surface area contributed by atoms with Crippen molar-refractivity contribution < 1.29 is 22.7 Å². The van der Waals surface area contributed by atoms with E-state index in [-0.39, 0.29) is 29.7 Å². The van der Waals surface area contributed by atoms with Crippen LogP contribution in [0.25, 0.3) is 0 Å². The summed E-state index contributed by atoms with van der Waals surface area (Å²) in [4.78, 5) is 14.6. The molecule has 140 valence electrons. The number of hydrogen-bond acceptors (Lipinski definition) is 3. The van der Waals surface area contributed by atoms with Crippen molar-refractivity contribution in [3.05, 3.63) is 29.3 Å². The maximum absolute atomic E-state index is 13.2. The van der Waals surface area contributed by atoms with Crippen LogP contribution in [0.15, 0.2) is 18.2 Å². The summed E-state index contributed by atoms with van der Waals surface area (Å²) in [6, 6.07) is 3.79. The van der Waals surface area contributed by atoms with E-state index in [0.29, 0.717) is 0 Å². The van der Waals surface area contributed by atoms with E-state index in [4.69, 9.17) is 4.74 Å². The number of ether oxygens (including phenoxy) is 1. The van der Waals surface area contributed by atoms with Gasteiger partial charge in [-0.25, -0.2) is 0 Å². The molecule has 4 nitrogen and oxygen atoms in total. The Kier molecular flexibility index (Phi) is 6.70. The van der Waals surface area contributed by atoms with Crippen molar-refractivity contribution in [2.75, 3.05) is 26.7 Å². The van der Waals surface area contributed by atoms with Gasteiger partial charge >= 0.3 is 6.18 Å². The van der Waals surface area contributed by atoms with Gasteiger partial charge in [0.15, 0.2) is 0 Å². The van der Waals surface area contributed by atoms with E-state index in [0.717, 1.165) is 45.0 Å².